The predicted octanol–water partition coefficient (Wildman–Crippen LogP) is 2.19. The summed E-state index contributed by atoms with van der Waals surface area (Å²) in [7, 11) is 0. The van der Waals surface area contributed by atoms with Crippen LogP contribution in [0.15, 0.2) is 11.1 Å². The van der Waals surface area contributed by atoms with Gasteiger partial charge in [-0.25, -0.2) is 0 Å². The average molecular weight is 196 g/mol. The molecule has 0 aromatic rings. The lowest BCUT2D eigenvalue weighted by Crippen LogP contribution is -2.45. The zero-order valence-electron chi connectivity index (χ0n) is 9.72. The van der Waals surface area contributed by atoms with Crippen molar-refractivity contribution >= 4 is 0 Å². The maximum Gasteiger partial charge on any atom is 0.0410 e. The maximum atomic E-state index is 6.12. The first-order valence-corrected chi connectivity index (χ1v) is 5.72. The second-order valence-electron chi connectivity index (χ2n) is 4.99. The molecule has 1 aliphatic carbocycles. The maximum absolute atomic E-state index is 6.12. The van der Waals surface area contributed by atoms with Gasteiger partial charge < -0.3 is 11.5 Å². The summed E-state index contributed by atoms with van der Waals surface area (Å²) in [4.78, 5) is 0. The van der Waals surface area contributed by atoms with Gasteiger partial charge >= 0.3 is 0 Å². The van der Waals surface area contributed by atoms with Crippen LogP contribution in [0.4, 0.5) is 0 Å². The third kappa shape index (κ3) is 2.82. The Bertz CT molecular complexity index is 218. The van der Waals surface area contributed by atoms with E-state index >= 15 is 0 Å². The van der Waals surface area contributed by atoms with Crippen molar-refractivity contribution in [3.8, 4) is 0 Å². The lowest BCUT2D eigenvalue weighted by atomic mass is 9.82. The highest BCUT2D eigenvalue weighted by molar-refractivity contribution is 5.22. The van der Waals surface area contributed by atoms with Gasteiger partial charge in [-0.2, -0.15) is 0 Å². The molecule has 2 nitrogen and oxygen atoms in total. The Morgan fingerprint density at radius 3 is 2.64 bits per heavy atom. The second kappa shape index (κ2) is 4.94. The molecule has 2 atom stereocenters. The number of rotatable bonds is 2. The molecule has 1 aliphatic rings. The number of nitrogens with two attached hydrogens (primary N) is 2. The van der Waals surface area contributed by atoms with Crippen LogP contribution in [0.2, 0.25) is 0 Å². The summed E-state index contributed by atoms with van der Waals surface area (Å²) in [6, 6.07) is 0.295. The fourth-order valence-electron chi connectivity index (χ4n) is 2.37. The fourth-order valence-corrected chi connectivity index (χ4v) is 2.37. The molecule has 2 heteroatoms. The minimum atomic E-state index is 0.113. The van der Waals surface area contributed by atoms with Gasteiger partial charge in [0, 0.05) is 12.1 Å². The highest BCUT2D eigenvalue weighted by atomic mass is 14.8. The van der Waals surface area contributed by atoms with Gasteiger partial charge in [-0.3, -0.25) is 0 Å². The van der Waals surface area contributed by atoms with Crippen LogP contribution in [0.5, 0.6) is 0 Å². The van der Waals surface area contributed by atoms with Gasteiger partial charge in [0.05, 0.1) is 0 Å². The predicted molar refractivity (Wildman–Crippen MR) is 62.0 cm³/mol. The van der Waals surface area contributed by atoms with Crippen molar-refractivity contribution in [1.29, 1.82) is 0 Å². The summed E-state index contributed by atoms with van der Waals surface area (Å²) < 4.78 is 0. The molecule has 1 rings (SSSR count). The molecule has 2 unspecified atom stereocenters. The van der Waals surface area contributed by atoms with Crippen LogP contribution < -0.4 is 11.5 Å². The molecule has 0 heterocycles. The highest BCUT2D eigenvalue weighted by Crippen LogP contribution is 2.27. The van der Waals surface area contributed by atoms with E-state index in [1.54, 1.807) is 0 Å². The van der Waals surface area contributed by atoms with Gasteiger partial charge in [0.15, 0.2) is 0 Å². The van der Waals surface area contributed by atoms with Crippen molar-refractivity contribution in [2.45, 2.75) is 58.5 Å². The van der Waals surface area contributed by atoms with E-state index in [1.165, 1.54) is 17.6 Å². The smallest absolute Gasteiger partial charge is 0.0410 e. The van der Waals surface area contributed by atoms with Crippen LogP contribution in [0.1, 0.15) is 46.5 Å². The zero-order chi connectivity index (χ0) is 10.7. The normalized spacial score (nSPS) is 32.1. The Labute approximate surface area is 87.7 Å². The van der Waals surface area contributed by atoms with Crippen molar-refractivity contribution in [3.63, 3.8) is 0 Å². The van der Waals surface area contributed by atoms with Crippen molar-refractivity contribution < 1.29 is 0 Å². The zero-order valence-corrected chi connectivity index (χ0v) is 9.72. The highest BCUT2D eigenvalue weighted by Gasteiger charge is 2.23. The van der Waals surface area contributed by atoms with Crippen LogP contribution >= 0.6 is 0 Å². The summed E-state index contributed by atoms with van der Waals surface area (Å²) in [5.74, 6) is 0.716. The molecule has 0 aliphatic heterocycles. The first-order valence-electron chi connectivity index (χ1n) is 5.72. The van der Waals surface area contributed by atoms with Crippen LogP contribution in [0.3, 0.4) is 0 Å². The van der Waals surface area contributed by atoms with E-state index in [-0.39, 0.29) is 12.1 Å². The minimum absolute atomic E-state index is 0.113. The van der Waals surface area contributed by atoms with Gasteiger partial charge in [0.25, 0.3) is 0 Å². The van der Waals surface area contributed by atoms with Crippen LogP contribution in [-0.2, 0) is 0 Å². The van der Waals surface area contributed by atoms with E-state index in [4.69, 9.17) is 11.5 Å². The Kier molecular flexibility index (Phi) is 4.14. The van der Waals surface area contributed by atoms with E-state index in [2.05, 4.69) is 20.8 Å². The lowest BCUT2D eigenvalue weighted by molar-refractivity contribution is 0.454. The SMILES string of the molecule is CC(CC(C)C)=C1CCCC(N)C1N. The standard InChI is InChI=1S/C12H24N2/c1-8(2)7-9(3)10-5-4-6-11(13)12(10)14/h8,11-12H,4-7,13-14H2,1-3H3. The Hall–Kier alpha value is -0.340. The molecule has 0 aromatic heterocycles. The lowest BCUT2D eigenvalue weighted by Gasteiger charge is -2.30. The van der Waals surface area contributed by atoms with Gasteiger partial charge in [-0.1, -0.05) is 25.0 Å². The van der Waals surface area contributed by atoms with E-state index < -0.39 is 0 Å². The number of hydrogen-bond acceptors (Lipinski definition) is 2. The molecule has 82 valence electrons. The number of allylic oxidation sites excluding steroid dienone is 1. The van der Waals surface area contributed by atoms with E-state index in [0.29, 0.717) is 5.92 Å². The molecule has 1 fully saturated rings. The van der Waals surface area contributed by atoms with Crippen molar-refractivity contribution in [2.24, 2.45) is 17.4 Å². The first-order chi connectivity index (χ1) is 6.52. The largest absolute Gasteiger partial charge is 0.326 e. The van der Waals surface area contributed by atoms with Crippen LogP contribution in [-0.4, -0.2) is 12.1 Å². The van der Waals surface area contributed by atoms with Gasteiger partial charge in [0.1, 0.15) is 0 Å². The monoisotopic (exact) mass is 196 g/mol. The Morgan fingerprint density at radius 1 is 1.43 bits per heavy atom. The third-order valence-electron chi connectivity index (χ3n) is 3.11. The molecule has 0 amide bonds. The van der Waals surface area contributed by atoms with Crippen molar-refractivity contribution in [1.82, 2.24) is 0 Å². The molecular formula is C12H24N2. The summed E-state index contributed by atoms with van der Waals surface area (Å²) >= 11 is 0. The summed E-state index contributed by atoms with van der Waals surface area (Å²) in [6.45, 7) is 6.71. The van der Waals surface area contributed by atoms with Gasteiger partial charge in [-0.05, 0) is 38.5 Å². The molecule has 1 saturated carbocycles. The summed E-state index contributed by atoms with van der Waals surface area (Å²) in [5, 5.41) is 0. The Balaban J connectivity index is 2.72. The quantitative estimate of drug-likeness (QED) is 0.665. The molecule has 0 aromatic carbocycles. The minimum Gasteiger partial charge on any atom is -0.326 e. The van der Waals surface area contributed by atoms with Crippen molar-refractivity contribution in [2.75, 3.05) is 0 Å². The van der Waals surface area contributed by atoms with Crippen LogP contribution in [0.25, 0.3) is 0 Å². The molecule has 0 radical (unpaired) electrons. The number of hydrogen-bond donors (Lipinski definition) is 2. The summed E-state index contributed by atoms with van der Waals surface area (Å²) in [5.41, 5.74) is 15.0. The van der Waals surface area contributed by atoms with Gasteiger partial charge in [0.2, 0.25) is 0 Å². The summed E-state index contributed by atoms with van der Waals surface area (Å²) in [6.07, 6.45) is 4.61. The molecule has 0 saturated heterocycles. The van der Waals surface area contributed by atoms with Crippen molar-refractivity contribution in [3.05, 3.63) is 11.1 Å². The molecule has 4 N–H and O–H groups in total. The third-order valence-corrected chi connectivity index (χ3v) is 3.11. The fraction of sp³-hybridized carbons (Fsp3) is 0.833. The second-order valence-corrected chi connectivity index (χ2v) is 4.99. The molecule has 0 bridgehead atoms. The van der Waals surface area contributed by atoms with Crippen LogP contribution in [0, 0.1) is 5.92 Å². The topological polar surface area (TPSA) is 52.0 Å². The van der Waals surface area contributed by atoms with E-state index in [1.807, 2.05) is 0 Å². The molecule has 0 spiro atoms. The molecular weight excluding hydrogens is 172 g/mol. The first kappa shape index (κ1) is 11.7. The van der Waals surface area contributed by atoms with Gasteiger partial charge in [-0.15, -0.1) is 0 Å². The Morgan fingerprint density at radius 2 is 2.07 bits per heavy atom. The molecule has 14 heavy (non-hydrogen) atoms. The average Bonchev–Trinajstić information content (AvgIpc) is 2.08. The van der Waals surface area contributed by atoms with E-state index in [9.17, 15) is 0 Å². The van der Waals surface area contributed by atoms with E-state index in [0.717, 1.165) is 19.3 Å².